The van der Waals surface area contributed by atoms with Crippen molar-refractivity contribution in [1.82, 2.24) is 4.98 Å². The van der Waals surface area contributed by atoms with Gasteiger partial charge in [0.25, 0.3) is 5.91 Å². The van der Waals surface area contributed by atoms with Gasteiger partial charge in [0.1, 0.15) is 17.0 Å². The Balaban J connectivity index is 1.49. The Labute approximate surface area is 184 Å². The number of amides is 1. The van der Waals surface area contributed by atoms with Crippen molar-refractivity contribution in [1.29, 1.82) is 0 Å². The molecule has 0 saturated heterocycles. The molecule has 0 fully saturated rings. The zero-order chi connectivity index (χ0) is 22.0. The molecule has 1 aromatic heterocycles. The lowest BCUT2D eigenvalue weighted by Crippen LogP contribution is -2.20. The fourth-order valence-electron chi connectivity index (χ4n) is 3.09. The second-order valence-electron chi connectivity index (χ2n) is 7.13. The van der Waals surface area contributed by atoms with Gasteiger partial charge in [0, 0.05) is 22.3 Å². The normalized spacial score (nSPS) is 10.8. The van der Waals surface area contributed by atoms with Crippen LogP contribution >= 0.6 is 11.6 Å². The summed E-state index contributed by atoms with van der Waals surface area (Å²) in [7, 11) is 1.61. The second-order valence-corrected chi connectivity index (χ2v) is 7.54. The number of aromatic nitrogens is 1. The number of oxazole rings is 1. The highest BCUT2D eigenvalue weighted by Gasteiger charge is 2.13. The summed E-state index contributed by atoms with van der Waals surface area (Å²) < 4.78 is 16.7. The number of rotatable bonds is 6. The summed E-state index contributed by atoms with van der Waals surface area (Å²) in [6.07, 6.45) is 0. The van der Waals surface area contributed by atoms with Crippen molar-refractivity contribution in [3.8, 4) is 23.0 Å². The van der Waals surface area contributed by atoms with Crippen molar-refractivity contribution in [3.05, 3.63) is 70.7 Å². The molecular formula is C24H21ClN2O4. The average molecular weight is 437 g/mol. The quantitative estimate of drug-likeness (QED) is 0.414. The van der Waals surface area contributed by atoms with E-state index in [2.05, 4.69) is 10.3 Å². The van der Waals surface area contributed by atoms with Gasteiger partial charge >= 0.3 is 0 Å². The van der Waals surface area contributed by atoms with Gasteiger partial charge in [-0.2, -0.15) is 0 Å². The number of aryl methyl sites for hydroxylation is 2. The van der Waals surface area contributed by atoms with E-state index in [0.29, 0.717) is 39.2 Å². The molecule has 0 unspecified atom stereocenters. The number of nitrogens with zero attached hydrogens (tertiary/aromatic N) is 1. The number of anilines is 1. The van der Waals surface area contributed by atoms with E-state index in [9.17, 15) is 4.79 Å². The predicted octanol–water partition coefficient (Wildman–Crippen LogP) is 5.79. The standard InChI is InChI=1S/C24H21ClN2O4/c1-14-4-5-16(24-27-21-12-17(29-3)7-9-22(21)31-24)11-20(14)26-23(28)13-30-18-6-8-19(25)15(2)10-18/h4-12H,13H2,1-3H3,(H,26,28). The summed E-state index contributed by atoms with van der Waals surface area (Å²) in [4.78, 5) is 17.0. The SMILES string of the molecule is COc1ccc2oc(-c3ccc(C)c(NC(=O)COc4ccc(Cl)c(C)c4)c3)nc2c1. The number of carbonyl (C=O) groups excluding carboxylic acids is 1. The molecule has 7 heteroatoms. The summed E-state index contributed by atoms with van der Waals surface area (Å²) in [6, 6.07) is 16.4. The minimum absolute atomic E-state index is 0.118. The summed E-state index contributed by atoms with van der Waals surface area (Å²) in [6.45, 7) is 3.68. The molecule has 0 radical (unpaired) electrons. The van der Waals surface area contributed by atoms with Gasteiger partial charge in [-0.1, -0.05) is 17.7 Å². The molecular weight excluding hydrogens is 416 g/mol. The lowest BCUT2D eigenvalue weighted by Gasteiger charge is -2.11. The maximum Gasteiger partial charge on any atom is 0.262 e. The number of ether oxygens (including phenoxy) is 2. The molecule has 0 atom stereocenters. The molecule has 4 aromatic rings. The second kappa shape index (κ2) is 8.70. The summed E-state index contributed by atoms with van der Waals surface area (Å²) in [5.74, 6) is 1.49. The molecule has 6 nitrogen and oxygen atoms in total. The van der Waals surface area contributed by atoms with Crippen LogP contribution in [0.4, 0.5) is 5.69 Å². The van der Waals surface area contributed by atoms with E-state index < -0.39 is 0 Å². The number of hydrogen-bond acceptors (Lipinski definition) is 5. The van der Waals surface area contributed by atoms with E-state index in [0.717, 1.165) is 16.7 Å². The molecule has 0 bridgehead atoms. The third kappa shape index (κ3) is 4.64. The monoisotopic (exact) mass is 436 g/mol. The molecule has 3 aromatic carbocycles. The van der Waals surface area contributed by atoms with Crippen LogP contribution in [-0.4, -0.2) is 24.6 Å². The Morgan fingerprint density at radius 1 is 1.03 bits per heavy atom. The highest BCUT2D eigenvalue weighted by Crippen LogP contribution is 2.29. The van der Waals surface area contributed by atoms with E-state index in [1.807, 2.05) is 50.2 Å². The smallest absolute Gasteiger partial charge is 0.262 e. The van der Waals surface area contributed by atoms with Crippen molar-refractivity contribution in [2.75, 3.05) is 19.0 Å². The van der Waals surface area contributed by atoms with Crippen LogP contribution in [0.1, 0.15) is 11.1 Å². The number of benzene rings is 3. The van der Waals surface area contributed by atoms with Crippen LogP contribution in [0.2, 0.25) is 5.02 Å². The number of nitrogens with one attached hydrogen (secondary N) is 1. The number of fused-ring (bicyclic) bond motifs is 1. The predicted molar refractivity (Wildman–Crippen MR) is 121 cm³/mol. The molecule has 0 aliphatic heterocycles. The number of carbonyl (C=O) groups is 1. The third-order valence-corrected chi connectivity index (χ3v) is 5.28. The maximum atomic E-state index is 12.4. The Morgan fingerprint density at radius 3 is 2.61 bits per heavy atom. The van der Waals surface area contributed by atoms with Gasteiger partial charge in [-0.15, -0.1) is 0 Å². The minimum Gasteiger partial charge on any atom is -0.497 e. The fraction of sp³-hybridized carbons (Fsp3) is 0.167. The van der Waals surface area contributed by atoms with Crippen LogP contribution in [0.3, 0.4) is 0 Å². The van der Waals surface area contributed by atoms with E-state index >= 15 is 0 Å². The van der Waals surface area contributed by atoms with Crippen LogP contribution < -0.4 is 14.8 Å². The first kappa shape index (κ1) is 20.8. The third-order valence-electron chi connectivity index (χ3n) is 4.85. The topological polar surface area (TPSA) is 73.6 Å². The van der Waals surface area contributed by atoms with Gasteiger partial charge in [-0.3, -0.25) is 4.79 Å². The van der Waals surface area contributed by atoms with Crippen LogP contribution in [0.25, 0.3) is 22.6 Å². The van der Waals surface area contributed by atoms with Crippen molar-refractivity contribution in [2.24, 2.45) is 0 Å². The first-order chi connectivity index (χ1) is 14.9. The minimum atomic E-state index is -0.268. The van der Waals surface area contributed by atoms with Gasteiger partial charge in [0.15, 0.2) is 12.2 Å². The first-order valence-corrected chi connectivity index (χ1v) is 10.0. The lowest BCUT2D eigenvalue weighted by molar-refractivity contribution is -0.118. The zero-order valence-electron chi connectivity index (χ0n) is 17.4. The van der Waals surface area contributed by atoms with E-state index in [1.165, 1.54) is 0 Å². The van der Waals surface area contributed by atoms with Gasteiger partial charge in [0.05, 0.1) is 7.11 Å². The van der Waals surface area contributed by atoms with Crippen molar-refractivity contribution in [3.63, 3.8) is 0 Å². The molecule has 158 valence electrons. The summed E-state index contributed by atoms with van der Waals surface area (Å²) in [5.41, 5.74) is 4.58. The molecule has 0 aliphatic carbocycles. The van der Waals surface area contributed by atoms with Crippen molar-refractivity contribution >= 4 is 34.3 Å². The Kier molecular flexibility index (Phi) is 5.82. The zero-order valence-corrected chi connectivity index (χ0v) is 18.1. The molecule has 1 N–H and O–H groups in total. The maximum absolute atomic E-state index is 12.4. The lowest BCUT2D eigenvalue weighted by atomic mass is 10.1. The van der Waals surface area contributed by atoms with Gasteiger partial charge < -0.3 is 19.2 Å². The average Bonchev–Trinajstić information content (AvgIpc) is 3.19. The van der Waals surface area contributed by atoms with Crippen molar-refractivity contribution < 1.29 is 18.7 Å². The van der Waals surface area contributed by atoms with Crippen LogP contribution in [-0.2, 0) is 4.79 Å². The highest BCUT2D eigenvalue weighted by atomic mass is 35.5. The molecule has 1 heterocycles. The van der Waals surface area contributed by atoms with Gasteiger partial charge in [-0.25, -0.2) is 4.98 Å². The molecule has 1 amide bonds. The first-order valence-electron chi connectivity index (χ1n) is 9.67. The highest BCUT2D eigenvalue weighted by molar-refractivity contribution is 6.31. The van der Waals surface area contributed by atoms with Crippen LogP contribution in [0.15, 0.2) is 59.0 Å². The molecule has 0 aliphatic rings. The largest absolute Gasteiger partial charge is 0.497 e. The van der Waals surface area contributed by atoms with Gasteiger partial charge in [0.2, 0.25) is 5.89 Å². The van der Waals surface area contributed by atoms with Crippen LogP contribution in [0.5, 0.6) is 11.5 Å². The summed E-state index contributed by atoms with van der Waals surface area (Å²) >= 11 is 6.02. The van der Waals surface area contributed by atoms with Crippen LogP contribution in [0, 0.1) is 13.8 Å². The fourth-order valence-corrected chi connectivity index (χ4v) is 3.21. The van der Waals surface area contributed by atoms with Gasteiger partial charge in [-0.05, 0) is 67.4 Å². The number of hydrogen-bond donors (Lipinski definition) is 1. The number of methoxy groups -OCH3 is 1. The molecule has 0 spiro atoms. The number of halogens is 1. The van der Waals surface area contributed by atoms with E-state index in [-0.39, 0.29) is 12.5 Å². The molecule has 0 saturated carbocycles. The summed E-state index contributed by atoms with van der Waals surface area (Å²) in [5, 5.41) is 3.54. The van der Waals surface area contributed by atoms with Crippen molar-refractivity contribution in [2.45, 2.75) is 13.8 Å². The Morgan fingerprint density at radius 2 is 1.84 bits per heavy atom. The van der Waals surface area contributed by atoms with E-state index in [4.69, 9.17) is 25.5 Å². The Hall–Kier alpha value is -3.51. The van der Waals surface area contributed by atoms with E-state index in [1.54, 1.807) is 25.3 Å². The Bertz CT molecular complexity index is 1270. The molecule has 4 rings (SSSR count). The molecule has 31 heavy (non-hydrogen) atoms.